The van der Waals surface area contributed by atoms with E-state index in [1.54, 1.807) is 24.9 Å². The number of ether oxygens (including phenoxy) is 4. The van der Waals surface area contributed by atoms with Crippen LogP contribution in [0.3, 0.4) is 0 Å². The lowest BCUT2D eigenvalue weighted by molar-refractivity contribution is -0.223. The molecule has 0 saturated carbocycles. The van der Waals surface area contributed by atoms with Gasteiger partial charge in [0.2, 0.25) is 5.72 Å². The Morgan fingerprint density at radius 2 is 1.96 bits per heavy atom. The van der Waals surface area contributed by atoms with Gasteiger partial charge in [0.05, 0.1) is 12.1 Å². The van der Waals surface area contributed by atoms with Crippen LogP contribution in [0.5, 0.6) is 11.5 Å². The number of methoxy groups -OCH3 is 1. The van der Waals surface area contributed by atoms with Crippen LogP contribution in [0.15, 0.2) is 24.3 Å². The largest absolute Gasteiger partial charge is 0.491 e. The van der Waals surface area contributed by atoms with Crippen molar-refractivity contribution in [3.8, 4) is 11.5 Å². The fraction of sp³-hybridized carbons (Fsp3) is 0.444. The molecule has 9 heteroatoms. The van der Waals surface area contributed by atoms with Crippen LogP contribution in [-0.4, -0.2) is 55.5 Å². The van der Waals surface area contributed by atoms with Gasteiger partial charge < -0.3 is 18.9 Å². The molecule has 0 aromatic heterocycles. The van der Waals surface area contributed by atoms with Crippen LogP contribution in [0.1, 0.15) is 13.3 Å². The SMILES string of the molecule is COc1c(Cl)cc(Cl)cc1OC(C)C12OC(=O)/C=C/C(=O)OC1CCN2C. The third-order valence-electron chi connectivity index (χ3n) is 4.73. The summed E-state index contributed by atoms with van der Waals surface area (Å²) in [6.07, 6.45) is 1.15. The van der Waals surface area contributed by atoms with Crippen molar-refractivity contribution in [2.24, 2.45) is 0 Å². The summed E-state index contributed by atoms with van der Waals surface area (Å²) >= 11 is 12.3. The summed E-state index contributed by atoms with van der Waals surface area (Å²) in [5.41, 5.74) is -1.31. The molecule has 3 atom stereocenters. The summed E-state index contributed by atoms with van der Waals surface area (Å²) in [4.78, 5) is 25.9. The van der Waals surface area contributed by atoms with E-state index in [1.807, 2.05) is 0 Å². The highest BCUT2D eigenvalue weighted by Gasteiger charge is 2.58. The standard InChI is InChI=1S/C18H19Cl2NO6/c1-10(25-13-9-11(19)8-12(20)17(13)24-3)18-14(6-7-21(18)2)26-15(22)4-5-16(23)27-18/h4-5,8-10,14H,6-7H2,1-3H3/b5-4+. The van der Waals surface area contributed by atoms with Gasteiger partial charge in [-0.2, -0.15) is 0 Å². The fourth-order valence-electron chi connectivity index (χ4n) is 3.49. The number of fused-ring (bicyclic) bond motifs is 1. The molecule has 146 valence electrons. The number of hydrogen-bond acceptors (Lipinski definition) is 7. The molecule has 0 radical (unpaired) electrons. The maximum atomic E-state index is 12.2. The van der Waals surface area contributed by atoms with E-state index in [4.69, 9.17) is 42.1 Å². The molecule has 1 aromatic rings. The van der Waals surface area contributed by atoms with Crippen LogP contribution in [0.25, 0.3) is 0 Å². The molecule has 1 fully saturated rings. The van der Waals surface area contributed by atoms with Crippen molar-refractivity contribution in [3.63, 3.8) is 0 Å². The van der Waals surface area contributed by atoms with Gasteiger partial charge in [0.1, 0.15) is 0 Å². The van der Waals surface area contributed by atoms with Crippen molar-refractivity contribution < 1.29 is 28.5 Å². The average Bonchev–Trinajstić information content (AvgIpc) is 2.88. The minimum absolute atomic E-state index is 0.282. The van der Waals surface area contributed by atoms with Crippen LogP contribution < -0.4 is 9.47 Å². The predicted molar refractivity (Wildman–Crippen MR) is 98.2 cm³/mol. The Bertz CT molecular complexity index is 798. The number of carbonyl (C=O) groups excluding carboxylic acids is 2. The molecule has 2 aliphatic rings. The number of esters is 2. The fourth-order valence-corrected chi connectivity index (χ4v) is 4.04. The number of carbonyl (C=O) groups is 2. The van der Waals surface area contributed by atoms with Gasteiger partial charge in [0.15, 0.2) is 23.7 Å². The number of halogens is 2. The van der Waals surface area contributed by atoms with Crippen molar-refractivity contribution in [1.29, 1.82) is 0 Å². The van der Waals surface area contributed by atoms with Crippen molar-refractivity contribution in [2.75, 3.05) is 20.7 Å². The van der Waals surface area contributed by atoms with Crippen LogP contribution in [-0.2, 0) is 19.1 Å². The summed E-state index contributed by atoms with van der Waals surface area (Å²) in [5.74, 6) is -0.671. The second-order valence-corrected chi connectivity index (χ2v) is 7.16. The Balaban J connectivity index is 2.00. The number of hydrogen-bond donors (Lipinski definition) is 0. The van der Waals surface area contributed by atoms with Gasteiger partial charge in [0.25, 0.3) is 0 Å². The van der Waals surface area contributed by atoms with Gasteiger partial charge in [-0.3, -0.25) is 4.90 Å². The maximum Gasteiger partial charge on any atom is 0.333 e. The molecular formula is C18H19Cl2NO6. The lowest BCUT2D eigenvalue weighted by atomic mass is 10.0. The van der Waals surface area contributed by atoms with Gasteiger partial charge >= 0.3 is 11.9 Å². The van der Waals surface area contributed by atoms with Crippen LogP contribution in [0, 0.1) is 0 Å². The first-order chi connectivity index (χ1) is 12.8. The van der Waals surface area contributed by atoms with E-state index < -0.39 is 29.9 Å². The number of likely N-dealkylation sites (tertiary alicyclic amines) is 1. The van der Waals surface area contributed by atoms with Gasteiger partial charge in [-0.15, -0.1) is 0 Å². The number of likely N-dealkylation sites (N-methyl/N-ethyl adjacent to an activating group) is 1. The van der Waals surface area contributed by atoms with Gasteiger partial charge in [-0.05, 0) is 20.0 Å². The lowest BCUT2D eigenvalue weighted by Crippen LogP contribution is -2.62. The highest BCUT2D eigenvalue weighted by Crippen LogP contribution is 2.42. The van der Waals surface area contributed by atoms with E-state index in [2.05, 4.69) is 0 Å². The molecule has 2 heterocycles. The first-order valence-electron chi connectivity index (χ1n) is 8.30. The third kappa shape index (κ3) is 3.59. The second kappa shape index (κ2) is 7.58. The summed E-state index contributed by atoms with van der Waals surface area (Å²) in [7, 11) is 3.23. The zero-order chi connectivity index (χ0) is 19.8. The monoisotopic (exact) mass is 415 g/mol. The highest BCUT2D eigenvalue weighted by molar-refractivity contribution is 6.35. The Labute approximate surface area is 166 Å². The first-order valence-corrected chi connectivity index (χ1v) is 9.06. The highest BCUT2D eigenvalue weighted by atomic mass is 35.5. The Morgan fingerprint density at radius 3 is 2.67 bits per heavy atom. The second-order valence-electron chi connectivity index (χ2n) is 6.32. The average molecular weight is 416 g/mol. The van der Waals surface area contributed by atoms with Crippen molar-refractivity contribution in [1.82, 2.24) is 4.90 Å². The lowest BCUT2D eigenvalue weighted by Gasteiger charge is -2.43. The molecule has 27 heavy (non-hydrogen) atoms. The normalized spacial score (nSPS) is 27.7. The Kier molecular flexibility index (Phi) is 5.55. The molecule has 7 nitrogen and oxygen atoms in total. The molecular weight excluding hydrogens is 397 g/mol. The van der Waals surface area contributed by atoms with Crippen LogP contribution >= 0.6 is 23.2 Å². The van der Waals surface area contributed by atoms with Crippen LogP contribution in [0.2, 0.25) is 10.0 Å². The van der Waals surface area contributed by atoms with E-state index in [0.717, 1.165) is 12.2 Å². The van der Waals surface area contributed by atoms with Crippen molar-refractivity contribution >= 4 is 35.1 Å². The smallest absolute Gasteiger partial charge is 0.333 e. The molecule has 0 aliphatic carbocycles. The summed E-state index contributed by atoms with van der Waals surface area (Å²) in [6.45, 7) is 2.27. The minimum Gasteiger partial charge on any atom is -0.491 e. The molecule has 1 aromatic carbocycles. The Hall–Kier alpha value is -1.96. The first kappa shape index (κ1) is 19.8. The molecule has 2 aliphatic heterocycles. The van der Waals surface area contributed by atoms with E-state index >= 15 is 0 Å². The van der Waals surface area contributed by atoms with Crippen molar-refractivity contribution in [3.05, 3.63) is 34.3 Å². The third-order valence-corrected chi connectivity index (χ3v) is 5.23. The molecule has 3 rings (SSSR count). The van der Waals surface area contributed by atoms with E-state index in [1.165, 1.54) is 13.2 Å². The van der Waals surface area contributed by atoms with Crippen LogP contribution in [0.4, 0.5) is 0 Å². The molecule has 0 amide bonds. The zero-order valence-electron chi connectivity index (χ0n) is 15.0. The summed E-state index contributed by atoms with van der Waals surface area (Å²) in [5, 5.41) is 0.644. The number of rotatable bonds is 4. The van der Waals surface area contributed by atoms with Crippen molar-refractivity contribution in [2.45, 2.75) is 31.3 Å². The van der Waals surface area contributed by atoms with Gasteiger partial charge in [0, 0.05) is 36.2 Å². The minimum atomic E-state index is -1.31. The topological polar surface area (TPSA) is 74.3 Å². The number of benzene rings is 1. The molecule has 1 saturated heterocycles. The van der Waals surface area contributed by atoms with Gasteiger partial charge in [-0.1, -0.05) is 23.2 Å². The zero-order valence-corrected chi connectivity index (χ0v) is 16.5. The summed E-state index contributed by atoms with van der Waals surface area (Å²) in [6, 6.07) is 3.09. The molecule has 0 spiro atoms. The number of nitrogens with zero attached hydrogens (tertiary/aromatic N) is 1. The molecule has 0 N–H and O–H groups in total. The van der Waals surface area contributed by atoms with E-state index in [0.29, 0.717) is 23.7 Å². The maximum absolute atomic E-state index is 12.2. The molecule has 0 bridgehead atoms. The quantitative estimate of drug-likeness (QED) is 0.699. The van der Waals surface area contributed by atoms with Gasteiger partial charge in [-0.25, -0.2) is 9.59 Å². The van der Waals surface area contributed by atoms with E-state index in [-0.39, 0.29) is 10.8 Å². The Morgan fingerprint density at radius 1 is 1.26 bits per heavy atom. The predicted octanol–water partition coefficient (Wildman–Crippen LogP) is 2.83. The molecule has 3 unspecified atom stereocenters. The summed E-state index contributed by atoms with van der Waals surface area (Å²) < 4.78 is 22.6. The van der Waals surface area contributed by atoms with E-state index in [9.17, 15) is 9.59 Å².